The predicted octanol–water partition coefficient (Wildman–Crippen LogP) is 4.40. The Kier molecular flexibility index (Phi) is 4.28. The lowest BCUT2D eigenvalue weighted by molar-refractivity contribution is 0.646. The summed E-state index contributed by atoms with van der Waals surface area (Å²) in [6, 6.07) is 13.0. The molecule has 0 saturated carbocycles. The summed E-state index contributed by atoms with van der Waals surface area (Å²) in [7, 11) is 0. The minimum atomic E-state index is 0.958. The Bertz CT molecular complexity index is 1110. The summed E-state index contributed by atoms with van der Waals surface area (Å²) < 4.78 is 1.95. The highest BCUT2D eigenvalue weighted by Crippen LogP contribution is 2.29. The molecule has 0 aliphatic carbocycles. The van der Waals surface area contributed by atoms with Crippen LogP contribution in [0.5, 0.6) is 0 Å². The molecule has 1 aromatic carbocycles. The first kappa shape index (κ1) is 17.3. The average molecular weight is 390 g/mol. The molecule has 5 rings (SSSR count). The summed E-state index contributed by atoms with van der Waals surface area (Å²) in [5.41, 5.74) is 6.10. The molecule has 5 nitrogen and oxygen atoms in total. The van der Waals surface area contributed by atoms with E-state index in [0.29, 0.717) is 0 Å². The van der Waals surface area contributed by atoms with Crippen molar-refractivity contribution >= 4 is 28.4 Å². The molecule has 1 aliphatic rings. The van der Waals surface area contributed by atoms with Gasteiger partial charge in [-0.1, -0.05) is 18.2 Å². The highest BCUT2D eigenvalue weighted by Gasteiger charge is 2.22. The molecule has 1 saturated heterocycles. The van der Waals surface area contributed by atoms with Gasteiger partial charge >= 0.3 is 0 Å². The molecule has 1 fully saturated rings. The van der Waals surface area contributed by atoms with Crippen LogP contribution in [0.1, 0.15) is 11.1 Å². The third-order valence-corrected chi connectivity index (χ3v) is 6.32. The van der Waals surface area contributed by atoms with Gasteiger partial charge in [0.1, 0.15) is 11.2 Å². The van der Waals surface area contributed by atoms with Crippen LogP contribution < -0.4 is 9.80 Å². The topological polar surface area (TPSA) is 36.7 Å². The molecule has 1 aliphatic heterocycles. The van der Waals surface area contributed by atoms with E-state index in [-0.39, 0.29) is 0 Å². The van der Waals surface area contributed by atoms with Crippen molar-refractivity contribution in [1.29, 1.82) is 0 Å². The third-order valence-electron chi connectivity index (χ3n) is 5.43. The van der Waals surface area contributed by atoms with Crippen molar-refractivity contribution in [2.45, 2.75) is 13.8 Å². The molecule has 0 radical (unpaired) electrons. The van der Waals surface area contributed by atoms with Gasteiger partial charge in [0.25, 0.3) is 0 Å². The normalized spacial score (nSPS) is 14.8. The number of anilines is 2. The largest absolute Gasteiger partial charge is 0.368 e. The molecule has 6 heteroatoms. The van der Waals surface area contributed by atoms with Crippen molar-refractivity contribution in [2.75, 3.05) is 36.0 Å². The van der Waals surface area contributed by atoms with Crippen LogP contribution >= 0.6 is 11.3 Å². The zero-order valence-corrected chi connectivity index (χ0v) is 17.0. The molecule has 0 atom stereocenters. The number of nitrogens with zero attached hydrogens (tertiary/aromatic N) is 5. The first-order valence-electron chi connectivity index (χ1n) is 9.64. The smallest absolute Gasteiger partial charge is 0.154 e. The number of hydrogen-bond acceptors (Lipinski definition) is 5. The standard InChI is InChI=1S/C22H23N5S/c1-16-5-6-17(2)19(14-16)25-9-11-26(12-10-25)22-20-15-18(21-4-3-13-28-21)24-27(20)8-7-23-22/h3-8,13-15H,9-12H2,1-2H3. The van der Waals surface area contributed by atoms with Gasteiger partial charge in [-0.2, -0.15) is 5.10 Å². The highest BCUT2D eigenvalue weighted by atomic mass is 32.1. The molecule has 4 heterocycles. The quantitative estimate of drug-likeness (QED) is 0.520. The number of hydrogen-bond donors (Lipinski definition) is 0. The maximum atomic E-state index is 4.74. The summed E-state index contributed by atoms with van der Waals surface area (Å²) in [6.07, 6.45) is 3.78. The van der Waals surface area contributed by atoms with Gasteiger partial charge in [-0.3, -0.25) is 0 Å². The SMILES string of the molecule is Cc1ccc(C)c(N2CCN(c3nccn4nc(-c5cccs5)cc34)CC2)c1. The van der Waals surface area contributed by atoms with E-state index in [9.17, 15) is 0 Å². The predicted molar refractivity (Wildman–Crippen MR) is 117 cm³/mol. The monoisotopic (exact) mass is 389 g/mol. The van der Waals surface area contributed by atoms with E-state index in [1.807, 2.05) is 16.9 Å². The summed E-state index contributed by atoms with van der Waals surface area (Å²) >= 11 is 1.72. The van der Waals surface area contributed by atoms with E-state index in [0.717, 1.165) is 43.2 Å². The van der Waals surface area contributed by atoms with Gasteiger partial charge < -0.3 is 9.80 Å². The molecular formula is C22H23N5S. The number of piperazine rings is 1. The minimum absolute atomic E-state index is 0.958. The van der Waals surface area contributed by atoms with Crippen LogP contribution in [0, 0.1) is 13.8 Å². The molecule has 3 aromatic heterocycles. The van der Waals surface area contributed by atoms with Crippen LogP contribution in [0.15, 0.2) is 54.2 Å². The number of aromatic nitrogens is 3. The van der Waals surface area contributed by atoms with Crippen molar-refractivity contribution < 1.29 is 0 Å². The minimum Gasteiger partial charge on any atom is -0.368 e. The van der Waals surface area contributed by atoms with Crippen LogP contribution in [-0.2, 0) is 0 Å². The lowest BCUT2D eigenvalue weighted by atomic mass is 10.1. The van der Waals surface area contributed by atoms with Crippen molar-refractivity contribution in [3.8, 4) is 10.6 Å². The molecule has 0 N–H and O–H groups in total. The van der Waals surface area contributed by atoms with Crippen molar-refractivity contribution in [2.24, 2.45) is 0 Å². The second kappa shape index (κ2) is 6.95. The number of benzene rings is 1. The molecule has 0 bridgehead atoms. The van der Waals surface area contributed by atoms with Crippen LogP contribution in [0.25, 0.3) is 16.1 Å². The molecule has 0 spiro atoms. The van der Waals surface area contributed by atoms with E-state index in [1.165, 1.54) is 21.7 Å². The Morgan fingerprint density at radius 2 is 1.79 bits per heavy atom. The first-order chi connectivity index (χ1) is 13.7. The first-order valence-corrected chi connectivity index (χ1v) is 10.5. The number of rotatable bonds is 3. The third kappa shape index (κ3) is 3.03. The average Bonchev–Trinajstić information content (AvgIpc) is 3.39. The molecule has 4 aromatic rings. The van der Waals surface area contributed by atoms with Gasteiger partial charge in [0.2, 0.25) is 0 Å². The Labute approximate surface area is 168 Å². The van der Waals surface area contributed by atoms with E-state index >= 15 is 0 Å². The summed E-state index contributed by atoms with van der Waals surface area (Å²) in [5.74, 6) is 1.03. The fourth-order valence-electron chi connectivity index (χ4n) is 3.92. The van der Waals surface area contributed by atoms with E-state index < -0.39 is 0 Å². The zero-order chi connectivity index (χ0) is 19.1. The van der Waals surface area contributed by atoms with Crippen LogP contribution in [0.3, 0.4) is 0 Å². The second-order valence-corrected chi connectivity index (χ2v) is 8.30. The maximum Gasteiger partial charge on any atom is 0.154 e. The lowest BCUT2D eigenvalue weighted by Gasteiger charge is -2.37. The molecular weight excluding hydrogens is 366 g/mol. The Balaban J connectivity index is 1.40. The van der Waals surface area contributed by atoms with Gasteiger partial charge in [0.15, 0.2) is 5.82 Å². The van der Waals surface area contributed by atoms with Crippen molar-refractivity contribution in [1.82, 2.24) is 14.6 Å². The lowest BCUT2D eigenvalue weighted by Crippen LogP contribution is -2.47. The maximum absolute atomic E-state index is 4.74. The van der Waals surface area contributed by atoms with Gasteiger partial charge in [0.05, 0.1) is 4.88 Å². The van der Waals surface area contributed by atoms with Crippen LogP contribution in [0.2, 0.25) is 0 Å². The molecule has 0 unspecified atom stereocenters. The molecule has 28 heavy (non-hydrogen) atoms. The van der Waals surface area contributed by atoms with Gasteiger partial charge in [-0.05, 0) is 48.6 Å². The van der Waals surface area contributed by atoms with E-state index in [2.05, 4.69) is 65.4 Å². The van der Waals surface area contributed by atoms with Crippen molar-refractivity contribution in [3.63, 3.8) is 0 Å². The van der Waals surface area contributed by atoms with E-state index in [4.69, 9.17) is 10.1 Å². The van der Waals surface area contributed by atoms with Crippen molar-refractivity contribution in [3.05, 3.63) is 65.3 Å². The van der Waals surface area contributed by atoms with Crippen LogP contribution in [0.4, 0.5) is 11.5 Å². The Morgan fingerprint density at radius 3 is 2.57 bits per heavy atom. The summed E-state index contributed by atoms with van der Waals surface area (Å²) in [4.78, 5) is 10.8. The number of fused-ring (bicyclic) bond motifs is 1. The fraction of sp³-hybridized carbons (Fsp3) is 0.273. The van der Waals surface area contributed by atoms with Gasteiger partial charge in [-0.25, -0.2) is 9.50 Å². The Morgan fingerprint density at radius 1 is 0.964 bits per heavy atom. The molecule has 142 valence electrons. The van der Waals surface area contributed by atoms with Gasteiger partial charge in [-0.15, -0.1) is 11.3 Å². The number of aryl methyl sites for hydroxylation is 2. The van der Waals surface area contributed by atoms with Crippen LogP contribution in [-0.4, -0.2) is 40.8 Å². The summed E-state index contributed by atoms with van der Waals surface area (Å²) in [6.45, 7) is 8.27. The molecule has 0 amide bonds. The zero-order valence-electron chi connectivity index (χ0n) is 16.2. The summed E-state index contributed by atoms with van der Waals surface area (Å²) in [5, 5.41) is 6.83. The highest BCUT2D eigenvalue weighted by molar-refractivity contribution is 7.13. The fourth-order valence-corrected chi connectivity index (χ4v) is 4.60. The van der Waals surface area contributed by atoms with E-state index in [1.54, 1.807) is 11.3 Å². The second-order valence-electron chi connectivity index (χ2n) is 7.35. The van der Waals surface area contributed by atoms with Gasteiger partial charge in [0, 0.05) is 44.3 Å². The Hall–Kier alpha value is -2.86. The number of thiophene rings is 1.